The lowest BCUT2D eigenvalue weighted by molar-refractivity contribution is -0.149. The Balaban J connectivity index is 1.33. The average molecular weight is 684 g/mol. The number of fused-ring (bicyclic) bond motifs is 1. The number of alkyl halides is 2. The summed E-state index contributed by atoms with van der Waals surface area (Å²) in [6, 6.07) is 5.53. The van der Waals surface area contributed by atoms with Gasteiger partial charge in [-0.05, 0) is 55.6 Å². The van der Waals surface area contributed by atoms with Gasteiger partial charge in [0.15, 0.2) is 0 Å². The number of nitrogens with zero attached hydrogens (tertiary/aromatic N) is 3. The number of carbonyl (C=O) groups excluding carboxylic acids is 4. The van der Waals surface area contributed by atoms with Crippen LogP contribution in [-0.4, -0.2) is 88.9 Å². The van der Waals surface area contributed by atoms with Crippen molar-refractivity contribution in [2.45, 2.75) is 76.3 Å². The normalized spacial score (nSPS) is 18.0. The lowest BCUT2D eigenvalue weighted by Crippen LogP contribution is -2.55. The van der Waals surface area contributed by atoms with Gasteiger partial charge in [0.05, 0.1) is 17.4 Å². The number of rotatable bonds is 11. The van der Waals surface area contributed by atoms with E-state index in [-0.39, 0.29) is 23.9 Å². The number of aromatic amines is 1. The average Bonchev–Trinajstić information content (AvgIpc) is 3.58. The Bertz CT molecular complexity index is 1670. The van der Waals surface area contributed by atoms with E-state index < -0.39 is 53.0 Å². The Labute approximate surface area is 283 Å². The number of likely N-dealkylation sites (N-methyl/N-ethyl adjacent to an activating group) is 1. The van der Waals surface area contributed by atoms with E-state index in [1.54, 1.807) is 24.8 Å². The molecule has 0 radical (unpaired) electrons. The Morgan fingerprint density at radius 3 is 2.39 bits per heavy atom. The van der Waals surface area contributed by atoms with Crippen LogP contribution in [0, 0.1) is 11.7 Å². The van der Waals surface area contributed by atoms with Crippen LogP contribution in [0.4, 0.5) is 18.9 Å². The minimum atomic E-state index is -3.95. The zero-order valence-corrected chi connectivity index (χ0v) is 28.0. The Kier molecular flexibility index (Phi) is 11.3. The van der Waals surface area contributed by atoms with Gasteiger partial charge in [0.1, 0.15) is 17.9 Å². The fourth-order valence-electron chi connectivity index (χ4n) is 6.58. The summed E-state index contributed by atoms with van der Waals surface area (Å²) in [5.41, 5.74) is 0.208. The van der Waals surface area contributed by atoms with Crippen molar-refractivity contribution >= 4 is 40.2 Å². The van der Waals surface area contributed by atoms with Gasteiger partial charge < -0.3 is 25.8 Å². The van der Waals surface area contributed by atoms with E-state index >= 15 is 13.2 Å². The third-order valence-corrected chi connectivity index (χ3v) is 9.77. The van der Waals surface area contributed by atoms with Crippen molar-refractivity contribution < 1.29 is 32.3 Å². The maximum Gasteiger partial charge on any atom is 0.349 e. The zero-order valence-electron chi connectivity index (χ0n) is 28.0. The Morgan fingerprint density at radius 1 is 1.00 bits per heavy atom. The van der Waals surface area contributed by atoms with Crippen LogP contribution in [0.5, 0.6) is 0 Å². The van der Waals surface area contributed by atoms with E-state index in [2.05, 4.69) is 31.0 Å². The molecule has 2 fully saturated rings. The first-order chi connectivity index (χ1) is 23.4. The van der Waals surface area contributed by atoms with Gasteiger partial charge in [-0.3, -0.25) is 24.3 Å². The van der Waals surface area contributed by atoms with Crippen molar-refractivity contribution in [3.8, 4) is 0 Å². The molecule has 2 aliphatic rings. The number of anilines is 1. The summed E-state index contributed by atoms with van der Waals surface area (Å²) < 4.78 is 46.5. The topological polar surface area (TPSA) is 140 Å². The summed E-state index contributed by atoms with van der Waals surface area (Å²) in [6.07, 6.45) is 5.07. The highest BCUT2D eigenvalue weighted by Gasteiger charge is 2.44. The molecule has 0 bridgehead atoms. The quantitative estimate of drug-likeness (QED) is 0.238. The van der Waals surface area contributed by atoms with Crippen LogP contribution < -0.4 is 16.0 Å². The van der Waals surface area contributed by atoms with Crippen LogP contribution in [-0.2, 0) is 25.1 Å². The molecule has 2 heterocycles. The van der Waals surface area contributed by atoms with Crippen molar-refractivity contribution in [3.63, 3.8) is 0 Å². The van der Waals surface area contributed by atoms with Gasteiger partial charge in [-0.1, -0.05) is 45.2 Å². The Hall–Kier alpha value is -4.46. The summed E-state index contributed by atoms with van der Waals surface area (Å²) >= 11 is 0. The smallest absolute Gasteiger partial charge is 0.344 e. The molecule has 14 heteroatoms. The molecule has 4 N–H and O–H groups in total. The second-order valence-corrected chi connectivity index (χ2v) is 13.1. The Morgan fingerprint density at radius 2 is 1.71 bits per heavy atom. The van der Waals surface area contributed by atoms with E-state index in [0.29, 0.717) is 55.5 Å². The largest absolute Gasteiger partial charge is 0.349 e. The number of H-pyrrole nitrogens is 1. The highest BCUT2D eigenvalue weighted by Crippen LogP contribution is 2.33. The minimum absolute atomic E-state index is 0.169. The number of hydrogen-bond acceptors (Lipinski definition) is 6. The number of aromatic nitrogens is 2. The molecule has 264 valence electrons. The number of amides is 4. The van der Waals surface area contributed by atoms with Gasteiger partial charge in [-0.15, -0.1) is 0 Å². The molecular formula is C35H44F3N7O4. The predicted octanol–water partition coefficient (Wildman–Crippen LogP) is 4.27. The van der Waals surface area contributed by atoms with E-state index in [9.17, 15) is 19.2 Å². The first kappa shape index (κ1) is 35.8. The van der Waals surface area contributed by atoms with E-state index in [1.807, 2.05) is 7.05 Å². The number of carbonyl (C=O) groups is 4. The second-order valence-electron chi connectivity index (χ2n) is 13.1. The van der Waals surface area contributed by atoms with Crippen molar-refractivity contribution in [3.05, 3.63) is 59.5 Å². The third kappa shape index (κ3) is 8.23. The highest BCUT2D eigenvalue weighted by atomic mass is 19.3. The predicted molar refractivity (Wildman–Crippen MR) is 178 cm³/mol. The standard InChI is InChI=1S/C35H44F3N7O4/c1-4-29(46)41-30(33(48)45-16-14-44(3)15-17-45)21(2)23-10-12-28(26(36)19-23)40-32(47)31(22-8-6-5-7-9-22)42-34(49)35(37,38)25-11-13-27-24(18-25)20-39-43-27/h10-13,18-22,30-31H,4-9,14-17H2,1-3H3,(H,39,43)(H,40,47)(H,41,46)(H,42,49). The number of nitrogens with one attached hydrogen (secondary N) is 4. The molecule has 1 saturated carbocycles. The second kappa shape index (κ2) is 15.4. The molecule has 5 rings (SSSR count). The van der Waals surface area contributed by atoms with Crippen molar-refractivity contribution in [1.29, 1.82) is 0 Å². The molecule has 4 amide bonds. The van der Waals surface area contributed by atoms with Crippen LogP contribution in [0.3, 0.4) is 0 Å². The number of halogens is 3. The molecule has 49 heavy (non-hydrogen) atoms. The minimum Gasteiger partial charge on any atom is -0.344 e. The SMILES string of the molecule is CCC(=O)NC(C(=O)N1CCN(C)CC1)C(C)c1ccc(NC(=O)C(NC(=O)C(F)(F)c2ccc3[nH]ncc3c2)C2CCCCC2)c(F)c1. The van der Waals surface area contributed by atoms with Gasteiger partial charge in [-0.25, -0.2) is 4.39 Å². The van der Waals surface area contributed by atoms with Crippen LogP contribution in [0.2, 0.25) is 0 Å². The lowest BCUT2D eigenvalue weighted by Gasteiger charge is -2.36. The molecular weight excluding hydrogens is 639 g/mol. The summed E-state index contributed by atoms with van der Waals surface area (Å²) in [6.45, 7) is 5.80. The number of hydrogen-bond donors (Lipinski definition) is 4. The molecule has 1 aliphatic heterocycles. The first-order valence-electron chi connectivity index (χ1n) is 16.9. The van der Waals surface area contributed by atoms with Crippen LogP contribution in [0.1, 0.15) is 69.4 Å². The summed E-state index contributed by atoms with van der Waals surface area (Å²) in [4.78, 5) is 56.4. The van der Waals surface area contributed by atoms with Crippen LogP contribution in [0.15, 0.2) is 42.6 Å². The molecule has 3 aromatic rings. The molecule has 1 aliphatic carbocycles. The fourth-order valence-corrected chi connectivity index (χ4v) is 6.58. The molecule has 0 spiro atoms. The highest BCUT2D eigenvalue weighted by molar-refractivity contribution is 5.99. The molecule has 11 nitrogen and oxygen atoms in total. The molecule has 2 aromatic carbocycles. The van der Waals surface area contributed by atoms with Gasteiger partial charge in [-0.2, -0.15) is 13.9 Å². The maximum absolute atomic E-state index is 15.6. The molecule has 1 saturated heterocycles. The van der Waals surface area contributed by atoms with Gasteiger partial charge >= 0.3 is 5.92 Å². The van der Waals surface area contributed by atoms with E-state index in [4.69, 9.17) is 0 Å². The first-order valence-corrected chi connectivity index (χ1v) is 16.9. The molecule has 3 unspecified atom stereocenters. The van der Waals surface area contributed by atoms with Crippen molar-refractivity contribution in [2.75, 3.05) is 38.5 Å². The summed E-state index contributed by atoms with van der Waals surface area (Å²) in [5, 5.41) is 14.5. The zero-order chi connectivity index (χ0) is 35.3. The molecule has 3 atom stereocenters. The van der Waals surface area contributed by atoms with Crippen LogP contribution in [0.25, 0.3) is 10.9 Å². The van der Waals surface area contributed by atoms with E-state index in [0.717, 1.165) is 25.3 Å². The number of benzene rings is 2. The summed E-state index contributed by atoms with van der Waals surface area (Å²) in [7, 11) is 1.97. The van der Waals surface area contributed by atoms with Crippen molar-refractivity contribution in [1.82, 2.24) is 30.6 Å². The fraction of sp³-hybridized carbons (Fsp3) is 0.514. The van der Waals surface area contributed by atoms with Gasteiger partial charge in [0.25, 0.3) is 5.91 Å². The van der Waals surface area contributed by atoms with Crippen molar-refractivity contribution in [2.24, 2.45) is 5.92 Å². The van der Waals surface area contributed by atoms with Crippen LogP contribution >= 0.6 is 0 Å². The van der Waals surface area contributed by atoms with Gasteiger partial charge in [0.2, 0.25) is 17.7 Å². The summed E-state index contributed by atoms with van der Waals surface area (Å²) in [5.74, 6) is -8.80. The lowest BCUT2D eigenvalue weighted by atomic mass is 9.83. The van der Waals surface area contributed by atoms with E-state index in [1.165, 1.54) is 30.5 Å². The third-order valence-electron chi connectivity index (χ3n) is 9.77. The monoisotopic (exact) mass is 683 g/mol. The number of piperazine rings is 1. The molecule has 1 aromatic heterocycles. The van der Waals surface area contributed by atoms with Gasteiger partial charge in [0, 0.05) is 49.5 Å². The maximum atomic E-state index is 15.6.